The lowest BCUT2D eigenvalue weighted by Crippen LogP contribution is -2.28. The number of halogens is 5. The van der Waals surface area contributed by atoms with E-state index in [4.69, 9.17) is 5.26 Å². The van der Waals surface area contributed by atoms with Crippen LogP contribution in [0, 0.1) is 23.0 Å². The number of H-pyrrole nitrogens is 2. The quantitative estimate of drug-likeness (QED) is 0.322. The van der Waals surface area contributed by atoms with Gasteiger partial charge < -0.3 is 10.3 Å². The molecule has 0 aliphatic heterocycles. The number of alkyl halides is 3. The smallest absolute Gasteiger partial charge is 0.348 e. The van der Waals surface area contributed by atoms with E-state index in [-0.39, 0.29) is 35.4 Å². The molecule has 8 nitrogen and oxygen atoms in total. The maximum atomic E-state index is 13.9. The van der Waals surface area contributed by atoms with Crippen molar-refractivity contribution in [3.63, 3.8) is 0 Å². The molecule has 0 saturated heterocycles. The van der Waals surface area contributed by atoms with Crippen LogP contribution in [-0.2, 0) is 17.4 Å². The highest BCUT2D eigenvalue weighted by Gasteiger charge is 2.29. The average molecular weight is 545 g/mol. The highest BCUT2D eigenvalue weighted by molar-refractivity contribution is 5.77. The summed E-state index contributed by atoms with van der Waals surface area (Å²) in [4.78, 5) is 42.1. The molecule has 1 amide bonds. The second kappa shape index (κ2) is 12.1. The molecule has 3 N–H and O–H groups in total. The van der Waals surface area contributed by atoms with E-state index in [1.807, 2.05) is 4.98 Å². The predicted molar refractivity (Wildman–Crippen MR) is 130 cm³/mol. The van der Waals surface area contributed by atoms with Gasteiger partial charge in [0.15, 0.2) is 0 Å². The number of pyridine rings is 1. The van der Waals surface area contributed by atoms with E-state index < -0.39 is 40.7 Å². The van der Waals surface area contributed by atoms with E-state index in [1.165, 1.54) is 30.5 Å². The third kappa shape index (κ3) is 7.81. The summed E-state index contributed by atoms with van der Waals surface area (Å²) >= 11 is 0. The number of hydrogen-bond acceptors (Lipinski definition) is 5. The van der Waals surface area contributed by atoms with E-state index >= 15 is 0 Å². The van der Waals surface area contributed by atoms with Gasteiger partial charge in [0.05, 0.1) is 33.8 Å². The standard InChI is InChI=1S/C18H15F4N3O.C8H5FN2O2/c1-11(17-15(19)8-13(9-23)10-24-17)25-16(26)7-4-12-2-5-14(6-3-12)18(20,21)22;9-4-1-2-6-5(3-4)7(12)11-8(13)10-6/h2-3,5-6,8,10-11H,4,7H2,1H3,(H,25,26);1-3H,(H2,10,11,12,13). The molecule has 0 bridgehead atoms. The van der Waals surface area contributed by atoms with Crippen LogP contribution in [0.15, 0.2) is 64.3 Å². The van der Waals surface area contributed by atoms with Crippen LogP contribution in [0.2, 0.25) is 0 Å². The van der Waals surface area contributed by atoms with Crippen molar-refractivity contribution in [2.45, 2.75) is 32.0 Å². The Morgan fingerprint density at radius 1 is 1.08 bits per heavy atom. The van der Waals surface area contributed by atoms with Crippen LogP contribution in [0.4, 0.5) is 22.0 Å². The zero-order valence-corrected chi connectivity index (χ0v) is 20.2. The Bertz CT molecular complexity index is 1640. The fraction of sp³-hybridized carbons (Fsp3) is 0.192. The Kier molecular flexibility index (Phi) is 8.92. The van der Waals surface area contributed by atoms with Gasteiger partial charge in [0.1, 0.15) is 17.7 Å². The van der Waals surface area contributed by atoms with E-state index in [9.17, 15) is 36.3 Å². The van der Waals surface area contributed by atoms with Crippen LogP contribution >= 0.6 is 0 Å². The summed E-state index contributed by atoms with van der Waals surface area (Å²) in [6.45, 7) is 1.55. The fourth-order valence-corrected chi connectivity index (χ4v) is 3.47. The zero-order valence-electron chi connectivity index (χ0n) is 20.2. The number of amides is 1. The lowest BCUT2D eigenvalue weighted by molar-refractivity contribution is -0.137. The van der Waals surface area contributed by atoms with Gasteiger partial charge in [0, 0.05) is 12.6 Å². The van der Waals surface area contributed by atoms with Crippen molar-refractivity contribution in [2.75, 3.05) is 0 Å². The predicted octanol–water partition coefficient (Wildman–Crippen LogP) is 4.28. The molecule has 0 radical (unpaired) electrons. The van der Waals surface area contributed by atoms with Gasteiger partial charge in [-0.1, -0.05) is 12.1 Å². The fourth-order valence-electron chi connectivity index (χ4n) is 3.47. The minimum atomic E-state index is -4.40. The first kappa shape index (κ1) is 28.7. The first-order chi connectivity index (χ1) is 18.4. The van der Waals surface area contributed by atoms with E-state index in [1.54, 1.807) is 13.0 Å². The van der Waals surface area contributed by atoms with Gasteiger partial charge in [0.2, 0.25) is 5.91 Å². The summed E-state index contributed by atoms with van der Waals surface area (Å²) in [6, 6.07) is 10.3. The Morgan fingerprint density at radius 2 is 1.77 bits per heavy atom. The van der Waals surface area contributed by atoms with Crippen LogP contribution in [0.5, 0.6) is 0 Å². The first-order valence-corrected chi connectivity index (χ1v) is 11.3. The second-order valence-corrected chi connectivity index (χ2v) is 8.28. The average Bonchev–Trinajstić information content (AvgIpc) is 2.88. The summed E-state index contributed by atoms with van der Waals surface area (Å²) in [7, 11) is 0. The number of carbonyl (C=O) groups is 1. The molecule has 202 valence electrons. The van der Waals surface area contributed by atoms with E-state index in [0.29, 0.717) is 11.1 Å². The van der Waals surface area contributed by atoms with Gasteiger partial charge in [-0.05, 0) is 55.3 Å². The molecular weight excluding hydrogens is 525 g/mol. The topological polar surface area (TPSA) is 131 Å². The van der Waals surface area contributed by atoms with Crippen molar-refractivity contribution < 1.29 is 26.7 Å². The van der Waals surface area contributed by atoms with E-state index in [0.717, 1.165) is 24.3 Å². The Labute approximate surface area is 217 Å². The molecule has 0 fully saturated rings. The van der Waals surface area contributed by atoms with Crippen LogP contribution < -0.4 is 16.6 Å². The molecule has 0 spiro atoms. The second-order valence-electron chi connectivity index (χ2n) is 8.28. The summed E-state index contributed by atoms with van der Waals surface area (Å²) in [6.07, 6.45) is -2.90. The maximum Gasteiger partial charge on any atom is 0.416 e. The minimum absolute atomic E-state index is 0.00637. The number of hydrogen-bond donors (Lipinski definition) is 3. The third-order valence-electron chi connectivity index (χ3n) is 5.41. The molecule has 0 aliphatic carbocycles. The first-order valence-electron chi connectivity index (χ1n) is 11.3. The number of aryl methyl sites for hydroxylation is 1. The highest BCUT2D eigenvalue weighted by atomic mass is 19.4. The van der Waals surface area contributed by atoms with Crippen molar-refractivity contribution >= 4 is 16.8 Å². The molecule has 4 rings (SSSR count). The highest BCUT2D eigenvalue weighted by Crippen LogP contribution is 2.29. The molecule has 2 aromatic heterocycles. The van der Waals surface area contributed by atoms with Crippen molar-refractivity contribution in [3.05, 3.63) is 110 Å². The molecule has 2 heterocycles. The van der Waals surface area contributed by atoms with Gasteiger partial charge in [-0.25, -0.2) is 13.6 Å². The van der Waals surface area contributed by atoms with Crippen molar-refractivity contribution in [1.82, 2.24) is 20.3 Å². The number of aromatic nitrogens is 3. The van der Waals surface area contributed by atoms with Gasteiger partial charge in [-0.2, -0.15) is 18.4 Å². The number of nitriles is 1. The number of benzene rings is 2. The lowest BCUT2D eigenvalue weighted by Gasteiger charge is -2.14. The van der Waals surface area contributed by atoms with Crippen LogP contribution in [0.3, 0.4) is 0 Å². The normalized spacial score (nSPS) is 11.7. The molecular formula is C26H20F5N5O3. The summed E-state index contributed by atoms with van der Waals surface area (Å²) in [5, 5.41) is 11.4. The van der Waals surface area contributed by atoms with Crippen LogP contribution in [-0.4, -0.2) is 20.9 Å². The van der Waals surface area contributed by atoms with Gasteiger partial charge >= 0.3 is 11.9 Å². The van der Waals surface area contributed by atoms with Gasteiger partial charge in [-0.3, -0.25) is 19.6 Å². The molecule has 13 heteroatoms. The molecule has 4 aromatic rings. The Hall–Kier alpha value is -4.86. The summed E-state index contributed by atoms with van der Waals surface area (Å²) in [5.41, 5.74) is -0.929. The molecule has 1 unspecified atom stereocenters. The molecule has 39 heavy (non-hydrogen) atoms. The summed E-state index contributed by atoms with van der Waals surface area (Å²) in [5.74, 6) is -1.59. The monoisotopic (exact) mass is 545 g/mol. The maximum absolute atomic E-state index is 13.9. The number of nitrogens with one attached hydrogen (secondary N) is 3. The Balaban J connectivity index is 0.000000268. The summed E-state index contributed by atoms with van der Waals surface area (Å²) < 4.78 is 64.0. The van der Waals surface area contributed by atoms with Crippen molar-refractivity contribution in [2.24, 2.45) is 0 Å². The van der Waals surface area contributed by atoms with Crippen LogP contribution in [0.25, 0.3) is 10.9 Å². The lowest BCUT2D eigenvalue weighted by atomic mass is 10.1. The van der Waals surface area contributed by atoms with Gasteiger partial charge in [-0.15, -0.1) is 0 Å². The molecule has 0 saturated carbocycles. The Morgan fingerprint density at radius 3 is 2.38 bits per heavy atom. The van der Waals surface area contributed by atoms with E-state index in [2.05, 4.69) is 15.3 Å². The van der Waals surface area contributed by atoms with Gasteiger partial charge in [0.25, 0.3) is 5.56 Å². The number of fused-ring (bicyclic) bond motifs is 1. The molecule has 2 aromatic carbocycles. The molecule has 1 atom stereocenters. The largest absolute Gasteiger partial charge is 0.416 e. The number of nitrogens with zero attached hydrogens (tertiary/aromatic N) is 2. The number of carbonyl (C=O) groups excluding carboxylic acids is 1. The van der Waals surface area contributed by atoms with Crippen molar-refractivity contribution in [3.8, 4) is 6.07 Å². The molecule has 0 aliphatic rings. The third-order valence-corrected chi connectivity index (χ3v) is 5.41. The minimum Gasteiger partial charge on any atom is -0.348 e. The number of rotatable bonds is 5. The van der Waals surface area contributed by atoms with Crippen LogP contribution in [0.1, 0.15) is 41.8 Å². The zero-order chi connectivity index (χ0) is 28.7. The number of aromatic amines is 2. The van der Waals surface area contributed by atoms with Crippen molar-refractivity contribution in [1.29, 1.82) is 5.26 Å². The SMILES string of the molecule is CC(NC(=O)CCc1ccc(C(F)(F)F)cc1)c1ncc(C#N)cc1F.O=c1[nH]c(=O)c2cc(F)ccc2[nH]1.